The Morgan fingerprint density at radius 2 is 2.19 bits per heavy atom. The van der Waals surface area contributed by atoms with Gasteiger partial charge in [-0.25, -0.2) is 0 Å². The van der Waals surface area contributed by atoms with Crippen molar-refractivity contribution in [2.45, 2.75) is 31.7 Å². The molecular weight excluding hydrogens is 222 g/mol. The van der Waals surface area contributed by atoms with Gasteiger partial charge in [-0.05, 0) is 43.1 Å². The number of rotatable bonds is 5. The number of ether oxygens (including phenoxy) is 1. The first-order valence-electron chi connectivity index (χ1n) is 5.85. The van der Waals surface area contributed by atoms with Crippen LogP contribution in [0.5, 0.6) is 5.75 Å². The summed E-state index contributed by atoms with van der Waals surface area (Å²) < 4.78 is 9.56. The molecule has 3 rings (SSSR count). The van der Waals surface area contributed by atoms with Gasteiger partial charge < -0.3 is 15.4 Å². The molecule has 0 unspecified atom stereocenters. The predicted molar refractivity (Wildman–Crippen MR) is 66.2 cm³/mol. The molecule has 2 aliphatic carbocycles. The number of aromatic nitrogens is 1. The van der Waals surface area contributed by atoms with E-state index in [0.29, 0.717) is 11.9 Å². The van der Waals surface area contributed by atoms with Crippen LogP contribution in [-0.4, -0.2) is 24.1 Å². The zero-order valence-electron chi connectivity index (χ0n) is 9.48. The van der Waals surface area contributed by atoms with Gasteiger partial charge in [0.15, 0.2) is 16.6 Å². The van der Waals surface area contributed by atoms with Crippen LogP contribution in [0.1, 0.15) is 25.7 Å². The van der Waals surface area contributed by atoms with Crippen LogP contribution < -0.4 is 15.4 Å². The van der Waals surface area contributed by atoms with Crippen LogP contribution in [0.4, 0.5) is 10.8 Å². The maximum Gasteiger partial charge on any atom is 0.197 e. The fraction of sp³-hybridized carbons (Fsp3) is 0.727. The number of hydrogen-bond acceptors (Lipinski definition) is 5. The number of hydrogen-bond donors (Lipinski definition) is 1. The lowest BCUT2D eigenvalue weighted by atomic mass is 10.3. The van der Waals surface area contributed by atoms with E-state index in [2.05, 4.69) is 9.27 Å². The topological polar surface area (TPSA) is 51.4 Å². The minimum atomic E-state index is 0.531. The van der Waals surface area contributed by atoms with Gasteiger partial charge in [-0.2, -0.15) is 4.37 Å². The lowest BCUT2D eigenvalue weighted by molar-refractivity contribution is 0.417. The van der Waals surface area contributed by atoms with Crippen molar-refractivity contribution in [3.05, 3.63) is 0 Å². The molecule has 0 saturated heterocycles. The quantitative estimate of drug-likeness (QED) is 0.855. The van der Waals surface area contributed by atoms with Gasteiger partial charge in [-0.15, -0.1) is 0 Å². The van der Waals surface area contributed by atoms with Gasteiger partial charge >= 0.3 is 0 Å². The summed E-state index contributed by atoms with van der Waals surface area (Å²) in [4.78, 5) is 2.46. The van der Waals surface area contributed by atoms with Gasteiger partial charge in [0.05, 0.1) is 7.11 Å². The third-order valence-electron chi connectivity index (χ3n) is 3.26. The molecule has 2 fully saturated rings. The molecule has 0 radical (unpaired) electrons. The lowest BCUT2D eigenvalue weighted by Crippen LogP contribution is -2.27. The first kappa shape index (κ1) is 10.2. The van der Waals surface area contributed by atoms with Gasteiger partial charge in [0.1, 0.15) is 0 Å². The summed E-state index contributed by atoms with van der Waals surface area (Å²) in [5.74, 6) is 2.19. The highest BCUT2D eigenvalue weighted by atomic mass is 32.1. The van der Waals surface area contributed by atoms with E-state index < -0.39 is 0 Å². The normalized spacial score (nSPS) is 19.8. The Hall–Kier alpha value is -0.970. The summed E-state index contributed by atoms with van der Waals surface area (Å²) >= 11 is 1.47. The van der Waals surface area contributed by atoms with E-state index in [0.717, 1.165) is 23.2 Å². The third kappa shape index (κ3) is 1.84. The largest absolute Gasteiger partial charge is 0.490 e. The SMILES string of the molecule is COc1c(N)nsc1N(CC1CC1)C1CC1. The molecule has 0 aliphatic heterocycles. The Morgan fingerprint density at radius 3 is 2.75 bits per heavy atom. The molecule has 16 heavy (non-hydrogen) atoms. The standard InChI is InChI=1S/C11H17N3OS/c1-15-9-10(12)13-16-11(9)14(8-4-5-8)6-7-2-3-7/h7-8H,2-6H2,1H3,(H2,12,13). The molecule has 0 atom stereocenters. The zero-order chi connectivity index (χ0) is 11.1. The van der Waals surface area contributed by atoms with Crippen LogP contribution in [0.25, 0.3) is 0 Å². The number of nitrogens with zero attached hydrogens (tertiary/aromatic N) is 2. The molecular formula is C11H17N3OS. The average molecular weight is 239 g/mol. The molecule has 1 aromatic rings. The molecule has 4 nitrogen and oxygen atoms in total. The second-order valence-corrected chi connectivity index (χ2v) is 5.48. The monoisotopic (exact) mass is 239 g/mol. The average Bonchev–Trinajstić information content (AvgIpc) is 3.13. The highest BCUT2D eigenvalue weighted by molar-refractivity contribution is 7.11. The third-order valence-corrected chi connectivity index (χ3v) is 4.14. The van der Waals surface area contributed by atoms with E-state index in [-0.39, 0.29) is 0 Å². The summed E-state index contributed by atoms with van der Waals surface area (Å²) in [5.41, 5.74) is 5.80. The fourth-order valence-electron chi connectivity index (χ4n) is 2.02. The summed E-state index contributed by atoms with van der Waals surface area (Å²) in [5, 5.41) is 1.13. The maximum absolute atomic E-state index is 5.80. The fourth-order valence-corrected chi connectivity index (χ4v) is 2.89. The van der Waals surface area contributed by atoms with Gasteiger partial charge in [0.2, 0.25) is 0 Å². The number of methoxy groups -OCH3 is 1. The molecule has 2 saturated carbocycles. The van der Waals surface area contributed by atoms with Crippen LogP contribution in [0, 0.1) is 5.92 Å². The van der Waals surface area contributed by atoms with Crippen molar-refractivity contribution in [2.75, 3.05) is 24.3 Å². The minimum absolute atomic E-state index is 0.531. The van der Waals surface area contributed by atoms with Gasteiger partial charge in [0.25, 0.3) is 0 Å². The molecule has 0 aromatic carbocycles. The summed E-state index contributed by atoms with van der Waals surface area (Å²) in [6.07, 6.45) is 5.35. The van der Waals surface area contributed by atoms with E-state index in [1.54, 1.807) is 7.11 Å². The van der Waals surface area contributed by atoms with Gasteiger partial charge in [-0.3, -0.25) is 0 Å². The second kappa shape index (κ2) is 3.80. The highest BCUT2D eigenvalue weighted by Gasteiger charge is 2.36. The molecule has 0 spiro atoms. The van der Waals surface area contributed by atoms with Crippen molar-refractivity contribution in [1.82, 2.24) is 4.37 Å². The van der Waals surface area contributed by atoms with E-state index >= 15 is 0 Å². The summed E-state index contributed by atoms with van der Waals surface area (Å²) in [6, 6.07) is 0.703. The van der Waals surface area contributed by atoms with Crippen molar-refractivity contribution >= 4 is 22.4 Å². The number of nitrogens with two attached hydrogens (primary N) is 1. The Balaban J connectivity index is 1.84. The first-order valence-corrected chi connectivity index (χ1v) is 6.62. The molecule has 1 aromatic heterocycles. The Kier molecular flexibility index (Phi) is 2.42. The van der Waals surface area contributed by atoms with E-state index in [9.17, 15) is 0 Å². The summed E-state index contributed by atoms with van der Waals surface area (Å²) in [7, 11) is 1.67. The van der Waals surface area contributed by atoms with Gasteiger partial charge in [0, 0.05) is 12.6 Å². The lowest BCUT2D eigenvalue weighted by Gasteiger charge is -2.23. The highest BCUT2D eigenvalue weighted by Crippen LogP contribution is 2.45. The molecule has 5 heteroatoms. The molecule has 2 N–H and O–H groups in total. The van der Waals surface area contributed by atoms with E-state index in [4.69, 9.17) is 10.5 Å². The zero-order valence-corrected chi connectivity index (χ0v) is 10.3. The Bertz CT molecular complexity index is 385. The smallest absolute Gasteiger partial charge is 0.197 e. The van der Waals surface area contributed by atoms with E-state index in [1.165, 1.54) is 37.2 Å². The van der Waals surface area contributed by atoms with E-state index in [1.807, 2.05) is 0 Å². The van der Waals surface area contributed by atoms with Crippen molar-refractivity contribution < 1.29 is 4.74 Å². The molecule has 1 heterocycles. The molecule has 2 aliphatic rings. The van der Waals surface area contributed by atoms with Crippen LogP contribution in [0.15, 0.2) is 0 Å². The molecule has 0 bridgehead atoms. The Labute approximate surface area is 99.6 Å². The maximum atomic E-state index is 5.80. The predicted octanol–water partition coefficient (Wildman–Crippen LogP) is 2.11. The second-order valence-electron chi connectivity index (χ2n) is 4.73. The van der Waals surface area contributed by atoms with Crippen molar-refractivity contribution in [1.29, 1.82) is 0 Å². The Morgan fingerprint density at radius 1 is 1.44 bits per heavy atom. The van der Waals surface area contributed by atoms with Crippen molar-refractivity contribution in [2.24, 2.45) is 5.92 Å². The summed E-state index contributed by atoms with van der Waals surface area (Å²) in [6.45, 7) is 1.16. The molecule has 88 valence electrons. The van der Waals surface area contributed by atoms with Crippen LogP contribution in [0.2, 0.25) is 0 Å². The minimum Gasteiger partial charge on any atom is -0.490 e. The van der Waals surface area contributed by atoms with Crippen molar-refractivity contribution in [3.8, 4) is 5.75 Å². The van der Waals surface area contributed by atoms with Crippen molar-refractivity contribution in [3.63, 3.8) is 0 Å². The van der Waals surface area contributed by atoms with Gasteiger partial charge in [-0.1, -0.05) is 0 Å². The molecule has 0 amide bonds. The van der Waals surface area contributed by atoms with Crippen LogP contribution in [-0.2, 0) is 0 Å². The van der Waals surface area contributed by atoms with Crippen LogP contribution in [0.3, 0.4) is 0 Å². The number of anilines is 2. The first-order chi connectivity index (χ1) is 7.79. The number of nitrogen functional groups attached to an aromatic ring is 1. The van der Waals surface area contributed by atoms with Crippen LogP contribution >= 0.6 is 11.5 Å².